The van der Waals surface area contributed by atoms with Crippen molar-refractivity contribution in [3.05, 3.63) is 46.3 Å². The van der Waals surface area contributed by atoms with Gasteiger partial charge in [-0.1, -0.05) is 11.6 Å². The van der Waals surface area contributed by atoms with Gasteiger partial charge in [0.15, 0.2) is 0 Å². The van der Waals surface area contributed by atoms with Gasteiger partial charge in [-0.25, -0.2) is 8.42 Å². The Balaban J connectivity index is 1.77. The lowest BCUT2D eigenvalue weighted by atomic mass is 10.2. The molecule has 26 heavy (non-hydrogen) atoms. The number of rotatable bonds is 5. The quantitative estimate of drug-likeness (QED) is 0.783. The Labute approximate surface area is 159 Å². The summed E-state index contributed by atoms with van der Waals surface area (Å²) in [6.45, 7) is 0.274. The highest BCUT2D eigenvalue weighted by molar-refractivity contribution is 7.91. The van der Waals surface area contributed by atoms with Gasteiger partial charge in [-0.2, -0.15) is 4.31 Å². The Kier molecular flexibility index (Phi) is 5.33. The molecule has 0 saturated carbocycles. The number of benzene rings is 1. The van der Waals surface area contributed by atoms with Crippen LogP contribution in [0.4, 0.5) is 5.69 Å². The Bertz CT molecular complexity index is 941. The third-order valence-electron chi connectivity index (χ3n) is 4.05. The zero-order valence-electron chi connectivity index (χ0n) is 13.5. The van der Waals surface area contributed by atoms with E-state index in [1.54, 1.807) is 12.1 Å². The van der Waals surface area contributed by atoms with E-state index in [4.69, 9.17) is 17.3 Å². The molecule has 0 bridgehead atoms. The maximum atomic E-state index is 12.8. The fourth-order valence-electron chi connectivity index (χ4n) is 2.79. The van der Waals surface area contributed by atoms with Crippen molar-refractivity contribution in [2.24, 2.45) is 5.73 Å². The van der Waals surface area contributed by atoms with Gasteiger partial charge in [0.2, 0.25) is 11.8 Å². The predicted molar refractivity (Wildman–Crippen MR) is 99.8 cm³/mol. The molecule has 1 aliphatic heterocycles. The van der Waals surface area contributed by atoms with Crippen molar-refractivity contribution < 1.29 is 18.0 Å². The van der Waals surface area contributed by atoms with Crippen LogP contribution in [0.3, 0.4) is 0 Å². The van der Waals surface area contributed by atoms with Crippen molar-refractivity contribution in [1.82, 2.24) is 4.31 Å². The van der Waals surface area contributed by atoms with Gasteiger partial charge in [0.25, 0.3) is 10.0 Å². The number of carbonyl (C=O) groups is 2. The van der Waals surface area contributed by atoms with Gasteiger partial charge >= 0.3 is 0 Å². The van der Waals surface area contributed by atoms with Crippen LogP contribution in [0.1, 0.15) is 23.2 Å². The predicted octanol–water partition coefficient (Wildman–Crippen LogP) is 2.29. The highest BCUT2D eigenvalue weighted by Crippen LogP contribution is 2.32. The van der Waals surface area contributed by atoms with Crippen LogP contribution in [0.5, 0.6) is 0 Å². The van der Waals surface area contributed by atoms with E-state index in [0.717, 1.165) is 11.3 Å². The molecule has 1 aromatic heterocycles. The van der Waals surface area contributed by atoms with Crippen LogP contribution in [0.25, 0.3) is 0 Å². The van der Waals surface area contributed by atoms with Gasteiger partial charge in [0, 0.05) is 17.8 Å². The molecule has 10 heteroatoms. The van der Waals surface area contributed by atoms with Gasteiger partial charge in [-0.15, -0.1) is 11.3 Å². The molecule has 2 amide bonds. The number of sulfonamides is 1. The zero-order chi connectivity index (χ0) is 18.9. The fourth-order valence-corrected chi connectivity index (χ4v) is 6.05. The summed E-state index contributed by atoms with van der Waals surface area (Å²) in [5.74, 6) is -0.980. The summed E-state index contributed by atoms with van der Waals surface area (Å²) in [6.07, 6.45) is 1.03. The van der Waals surface area contributed by atoms with Crippen molar-refractivity contribution in [2.45, 2.75) is 23.1 Å². The molecule has 1 atom stereocenters. The number of nitrogens with one attached hydrogen (secondary N) is 1. The number of nitrogens with zero attached hydrogens (tertiary/aromatic N) is 1. The van der Waals surface area contributed by atoms with Crippen LogP contribution in [0.15, 0.2) is 40.6 Å². The fraction of sp³-hybridized carbons (Fsp3) is 0.250. The Morgan fingerprint density at radius 3 is 2.46 bits per heavy atom. The van der Waals surface area contributed by atoms with Gasteiger partial charge in [0.05, 0.1) is 4.34 Å². The molecule has 0 unspecified atom stereocenters. The van der Waals surface area contributed by atoms with Crippen LogP contribution in [0.2, 0.25) is 4.34 Å². The molecule has 0 aliphatic carbocycles. The lowest BCUT2D eigenvalue weighted by Crippen LogP contribution is -2.42. The molecule has 1 fully saturated rings. The van der Waals surface area contributed by atoms with Crippen LogP contribution in [-0.2, 0) is 14.8 Å². The minimum Gasteiger partial charge on any atom is -0.366 e. The molecule has 1 aromatic carbocycles. The number of thiophene rings is 1. The summed E-state index contributed by atoms with van der Waals surface area (Å²) in [7, 11) is -3.78. The van der Waals surface area contributed by atoms with E-state index in [-0.39, 0.29) is 10.8 Å². The first-order chi connectivity index (χ1) is 12.3. The number of halogens is 1. The average molecular weight is 414 g/mol. The van der Waals surface area contributed by atoms with Crippen molar-refractivity contribution in [1.29, 1.82) is 0 Å². The van der Waals surface area contributed by atoms with Gasteiger partial charge in [-0.05, 0) is 49.2 Å². The summed E-state index contributed by atoms with van der Waals surface area (Å²) >= 11 is 6.80. The summed E-state index contributed by atoms with van der Waals surface area (Å²) < 4.78 is 27.3. The third-order valence-corrected chi connectivity index (χ3v) is 7.66. The zero-order valence-corrected chi connectivity index (χ0v) is 15.9. The van der Waals surface area contributed by atoms with E-state index in [9.17, 15) is 18.0 Å². The van der Waals surface area contributed by atoms with E-state index in [0.29, 0.717) is 28.4 Å². The second-order valence-electron chi connectivity index (χ2n) is 5.76. The maximum absolute atomic E-state index is 12.8. The van der Waals surface area contributed by atoms with Crippen molar-refractivity contribution in [3.63, 3.8) is 0 Å². The Morgan fingerprint density at radius 2 is 1.88 bits per heavy atom. The largest absolute Gasteiger partial charge is 0.366 e. The van der Waals surface area contributed by atoms with E-state index >= 15 is 0 Å². The van der Waals surface area contributed by atoms with Crippen LogP contribution < -0.4 is 11.1 Å². The number of nitrogens with two attached hydrogens (primary N) is 1. The summed E-state index contributed by atoms with van der Waals surface area (Å²) in [6, 6.07) is 8.25. The molecule has 2 aromatic rings. The van der Waals surface area contributed by atoms with E-state index in [1.165, 1.54) is 28.6 Å². The minimum atomic E-state index is -3.78. The topological polar surface area (TPSA) is 110 Å². The SMILES string of the molecule is NC(=O)c1ccc(NC(=O)[C@H]2CCCN2S(=O)(=O)c2ccc(Cl)s2)cc1. The summed E-state index contributed by atoms with van der Waals surface area (Å²) in [5, 5.41) is 2.69. The highest BCUT2D eigenvalue weighted by atomic mass is 35.5. The van der Waals surface area contributed by atoms with Crippen LogP contribution in [-0.4, -0.2) is 37.1 Å². The number of anilines is 1. The minimum absolute atomic E-state index is 0.119. The first-order valence-corrected chi connectivity index (χ1v) is 10.4. The first-order valence-electron chi connectivity index (χ1n) is 7.77. The standard InChI is InChI=1S/C16H16ClN3O4S2/c17-13-7-8-14(25-13)26(23,24)20-9-1-2-12(20)16(22)19-11-5-3-10(4-6-11)15(18)21/h3-8,12H,1-2,9H2,(H2,18,21)(H,19,22)/t12-/m1/s1. The normalized spacial score (nSPS) is 18.0. The van der Waals surface area contributed by atoms with Crippen LogP contribution >= 0.6 is 22.9 Å². The molecule has 1 aliphatic rings. The lowest BCUT2D eigenvalue weighted by molar-refractivity contribution is -0.119. The first kappa shape index (κ1) is 18.8. The summed E-state index contributed by atoms with van der Waals surface area (Å²) in [4.78, 5) is 23.7. The molecular weight excluding hydrogens is 398 g/mol. The number of amides is 2. The molecule has 138 valence electrons. The van der Waals surface area contributed by atoms with Gasteiger partial charge < -0.3 is 11.1 Å². The smallest absolute Gasteiger partial charge is 0.253 e. The number of carbonyl (C=O) groups excluding carboxylic acids is 2. The molecule has 0 spiro atoms. The Morgan fingerprint density at radius 1 is 1.19 bits per heavy atom. The molecule has 2 heterocycles. The van der Waals surface area contributed by atoms with Crippen LogP contribution in [0, 0.1) is 0 Å². The number of hydrogen-bond acceptors (Lipinski definition) is 5. The van der Waals surface area contributed by atoms with Crippen molar-refractivity contribution >= 4 is 50.5 Å². The number of primary amides is 1. The average Bonchev–Trinajstić information content (AvgIpc) is 3.24. The van der Waals surface area contributed by atoms with E-state index in [1.807, 2.05) is 0 Å². The van der Waals surface area contributed by atoms with Gasteiger partial charge in [0.1, 0.15) is 10.3 Å². The molecule has 3 rings (SSSR count). The molecule has 3 N–H and O–H groups in total. The second kappa shape index (κ2) is 7.36. The molecular formula is C16H16ClN3O4S2. The van der Waals surface area contributed by atoms with Gasteiger partial charge in [-0.3, -0.25) is 9.59 Å². The van der Waals surface area contributed by atoms with E-state index < -0.39 is 27.9 Å². The Hall–Kier alpha value is -1.94. The van der Waals surface area contributed by atoms with Crippen molar-refractivity contribution in [2.75, 3.05) is 11.9 Å². The summed E-state index contributed by atoms with van der Waals surface area (Å²) in [5.41, 5.74) is 5.96. The van der Waals surface area contributed by atoms with E-state index in [2.05, 4.69) is 5.32 Å². The number of hydrogen-bond donors (Lipinski definition) is 2. The third kappa shape index (κ3) is 3.75. The highest BCUT2D eigenvalue weighted by Gasteiger charge is 2.40. The lowest BCUT2D eigenvalue weighted by Gasteiger charge is -2.22. The van der Waals surface area contributed by atoms with Crippen molar-refractivity contribution in [3.8, 4) is 0 Å². The maximum Gasteiger partial charge on any atom is 0.253 e. The monoisotopic (exact) mass is 413 g/mol. The molecule has 1 saturated heterocycles. The molecule has 0 radical (unpaired) electrons. The second-order valence-corrected chi connectivity index (χ2v) is 9.60. The molecule has 7 nitrogen and oxygen atoms in total.